The van der Waals surface area contributed by atoms with Gasteiger partial charge in [-0.1, -0.05) is 0 Å². The minimum absolute atomic E-state index is 0.826. The third kappa shape index (κ3) is 2.32. The van der Waals surface area contributed by atoms with Gasteiger partial charge >= 0.3 is 0 Å². The lowest BCUT2D eigenvalue weighted by Gasteiger charge is -2.22. The van der Waals surface area contributed by atoms with Crippen LogP contribution in [0.3, 0.4) is 0 Å². The Morgan fingerprint density at radius 2 is 1.33 bits per heavy atom. The molecule has 3 rings (SSSR count). The van der Waals surface area contributed by atoms with Crippen molar-refractivity contribution < 1.29 is 8.83 Å². The molecule has 1 fully saturated rings. The molecule has 2 aromatic rings. The van der Waals surface area contributed by atoms with Crippen LogP contribution in [-0.2, 0) is 0 Å². The Hall–Kier alpha value is -2.36. The fourth-order valence-corrected chi connectivity index (χ4v) is 1.87. The molecule has 18 heavy (non-hydrogen) atoms. The van der Waals surface area contributed by atoms with Crippen molar-refractivity contribution in [2.24, 2.45) is 0 Å². The first-order valence-corrected chi connectivity index (χ1v) is 5.90. The Kier molecular flexibility index (Phi) is 2.92. The molecule has 0 amide bonds. The van der Waals surface area contributed by atoms with Crippen LogP contribution in [0.1, 0.15) is 11.5 Å². The van der Waals surface area contributed by atoms with Crippen molar-refractivity contribution in [3.8, 4) is 0 Å². The first-order valence-electron chi connectivity index (χ1n) is 5.90. The molecule has 0 unspecified atom stereocenters. The quantitative estimate of drug-likeness (QED) is 0.849. The van der Waals surface area contributed by atoms with Gasteiger partial charge in [-0.25, -0.2) is 0 Å². The molecule has 0 bridgehead atoms. The van der Waals surface area contributed by atoms with Gasteiger partial charge in [0.25, 0.3) is 0 Å². The van der Waals surface area contributed by atoms with E-state index in [9.17, 15) is 0 Å². The topological polar surface area (TPSA) is 50.3 Å². The van der Waals surface area contributed by atoms with Gasteiger partial charge in [-0.2, -0.15) is 0 Å². The number of nitrogens with one attached hydrogen (secondary N) is 2. The maximum atomic E-state index is 5.32. The van der Waals surface area contributed by atoms with Crippen molar-refractivity contribution in [2.75, 3.05) is 13.1 Å². The van der Waals surface area contributed by atoms with Gasteiger partial charge < -0.3 is 19.5 Å². The van der Waals surface area contributed by atoms with Gasteiger partial charge in [-0.15, -0.1) is 0 Å². The minimum Gasteiger partial charge on any atom is -0.465 e. The normalized spacial score (nSPS) is 19.8. The number of rotatable bonds is 2. The molecule has 0 spiro atoms. The molecule has 2 aromatic heterocycles. The average Bonchev–Trinajstić information content (AvgIpc) is 3.05. The van der Waals surface area contributed by atoms with E-state index < -0.39 is 0 Å². The Labute approximate surface area is 105 Å². The molecule has 0 radical (unpaired) electrons. The maximum absolute atomic E-state index is 5.32. The molecule has 0 saturated carbocycles. The van der Waals surface area contributed by atoms with Crippen molar-refractivity contribution in [3.05, 3.63) is 59.7 Å². The van der Waals surface area contributed by atoms with Crippen LogP contribution in [0.5, 0.6) is 0 Å². The van der Waals surface area contributed by atoms with Crippen LogP contribution in [-0.4, -0.2) is 13.1 Å². The second kappa shape index (κ2) is 4.87. The molecule has 0 atom stereocenters. The minimum atomic E-state index is 0.826. The summed E-state index contributed by atoms with van der Waals surface area (Å²) in [5.74, 6) is 1.65. The predicted octanol–water partition coefficient (Wildman–Crippen LogP) is 2.45. The standard InChI is InChI=1S/C14H14N2O2/c1-3-11(17-7-1)9-13-14(16-6-5-15-13)10-12-4-2-8-18-12/h1-4,7-10,15-16H,5-6H2. The van der Waals surface area contributed by atoms with Gasteiger partial charge in [0.2, 0.25) is 0 Å². The lowest BCUT2D eigenvalue weighted by atomic mass is 10.2. The zero-order chi connectivity index (χ0) is 12.2. The summed E-state index contributed by atoms with van der Waals surface area (Å²) in [4.78, 5) is 0. The smallest absolute Gasteiger partial charge is 0.128 e. The Balaban J connectivity index is 1.91. The van der Waals surface area contributed by atoms with E-state index in [2.05, 4.69) is 10.6 Å². The van der Waals surface area contributed by atoms with Crippen LogP contribution in [0, 0.1) is 0 Å². The summed E-state index contributed by atoms with van der Waals surface area (Å²) in [5, 5.41) is 6.70. The van der Waals surface area contributed by atoms with Gasteiger partial charge in [0.05, 0.1) is 23.9 Å². The summed E-state index contributed by atoms with van der Waals surface area (Å²) in [6.45, 7) is 1.78. The second-order valence-electron chi connectivity index (χ2n) is 4.00. The van der Waals surface area contributed by atoms with Gasteiger partial charge in [0, 0.05) is 25.2 Å². The van der Waals surface area contributed by atoms with Crippen LogP contribution in [0.25, 0.3) is 12.2 Å². The van der Waals surface area contributed by atoms with Gasteiger partial charge in [0.1, 0.15) is 11.5 Å². The molecule has 4 heteroatoms. The maximum Gasteiger partial charge on any atom is 0.128 e. The van der Waals surface area contributed by atoms with E-state index >= 15 is 0 Å². The molecular formula is C14H14N2O2. The van der Waals surface area contributed by atoms with E-state index in [0.29, 0.717) is 0 Å². The SMILES string of the molecule is C(=C1NCCNC1=Cc1ccco1)c1ccco1. The summed E-state index contributed by atoms with van der Waals surface area (Å²) in [5.41, 5.74) is 2.01. The Bertz CT molecular complexity index is 498. The number of piperazine rings is 1. The van der Waals surface area contributed by atoms with Crippen molar-refractivity contribution in [1.82, 2.24) is 10.6 Å². The zero-order valence-electron chi connectivity index (χ0n) is 9.85. The fourth-order valence-electron chi connectivity index (χ4n) is 1.87. The van der Waals surface area contributed by atoms with Gasteiger partial charge in [-0.3, -0.25) is 0 Å². The van der Waals surface area contributed by atoms with E-state index in [1.807, 2.05) is 36.4 Å². The van der Waals surface area contributed by atoms with Gasteiger partial charge in [-0.05, 0) is 24.3 Å². The summed E-state index contributed by atoms with van der Waals surface area (Å²) >= 11 is 0. The van der Waals surface area contributed by atoms with Crippen molar-refractivity contribution >= 4 is 12.2 Å². The molecule has 1 aliphatic heterocycles. The first-order chi connectivity index (χ1) is 8.92. The highest BCUT2D eigenvalue weighted by Gasteiger charge is 2.11. The molecule has 1 aliphatic rings. The Morgan fingerprint density at radius 3 is 1.72 bits per heavy atom. The zero-order valence-corrected chi connectivity index (χ0v) is 9.85. The van der Waals surface area contributed by atoms with E-state index in [1.54, 1.807) is 12.5 Å². The van der Waals surface area contributed by atoms with E-state index in [-0.39, 0.29) is 0 Å². The van der Waals surface area contributed by atoms with Gasteiger partial charge in [0.15, 0.2) is 0 Å². The second-order valence-corrected chi connectivity index (χ2v) is 4.00. The molecular weight excluding hydrogens is 228 g/mol. The molecule has 4 nitrogen and oxygen atoms in total. The molecule has 0 aromatic carbocycles. The third-order valence-electron chi connectivity index (χ3n) is 2.71. The molecule has 0 aliphatic carbocycles. The first kappa shape index (κ1) is 10.8. The van der Waals surface area contributed by atoms with Crippen molar-refractivity contribution in [1.29, 1.82) is 0 Å². The van der Waals surface area contributed by atoms with E-state index in [4.69, 9.17) is 8.83 Å². The number of hydrogen-bond donors (Lipinski definition) is 2. The Morgan fingerprint density at radius 1 is 0.833 bits per heavy atom. The number of hydrogen-bond acceptors (Lipinski definition) is 4. The molecule has 2 N–H and O–H groups in total. The van der Waals surface area contributed by atoms with Crippen LogP contribution < -0.4 is 10.6 Å². The number of furan rings is 2. The summed E-state index contributed by atoms with van der Waals surface area (Å²) in [6, 6.07) is 7.60. The molecule has 92 valence electrons. The molecule has 3 heterocycles. The average molecular weight is 242 g/mol. The summed E-state index contributed by atoms with van der Waals surface area (Å²) in [6.07, 6.45) is 7.28. The van der Waals surface area contributed by atoms with Crippen LogP contribution in [0.15, 0.2) is 57.0 Å². The lowest BCUT2D eigenvalue weighted by Crippen LogP contribution is -2.36. The van der Waals surface area contributed by atoms with E-state index in [1.165, 1.54) is 0 Å². The van der Waals surface area contributed by atoms with Crippen LogP contribution in [0.4, 0.5) is 0 Å². The van der Waals surface area contributed by atoms with Crippen LogP contribution in [0.2, 0.25) is 0 Å². The summed E-state index contributed by atoms with van der Waals surface area (Å²) in [7, 11) is 0. The largest absolute Gasteiger partial charge is 0.465 e. The van der Waals surface area contributed by atoms with Crippen molar-refractivity contribution in [3.63, 3.8) is 0 Å². The third-order valence-corrected chi connectivity index (χ3v) is 2.71. The molecule has 1 saturated heterocycles. The highest BCUT2D eigenvalue weighted by Crippen LogP contribution is 2.16. The monoisotopic (exact) mass is 242 g/mol. The summed E-state index contributed by atoms with van der Waals surface area (Å²) < 4.78 is 10.6. The van der Waals surface area contributed by atoms with Crippen LogP contribution >= 0.6 is 0 Å². The highest BCUT2D eigenvalue weighted by molar-refractivity contribution is 5.62. The lowest BCUT2D eigenvalue weighted by molar-refractivity contribution is 0.552. The fraction of sp³-hybridized carbons (Fsp3) is 0.143. The van der Waals surface area contributed by atoms with E-state index in [0.717, 1.165) is 36.0 Å². The van der Waals surface area contributed by atoms with Crippen molar-refractivity contribution in [2.45, 2.75) is 0 Å². The predicted molar refractivity (Wildman–Crippen MR) is 69.4 cm³/mol. The highest BCUT2D eigenvalue weighted by atomic mass is 16.3.